The van der Waals surface area contributed by atoms with E-state index < -0.39 is 0 Å². The zero-order chi connectivity index (χ0) is 16.8. The minimum Gasteiger partial charge on any atom is -0.352 e. The van der Waals surface area contributed by atoms with E-state index in [1.165, 1.54) is 50.9 Å². The number of rotatable bonds is 6. The summed E-state index contributed by atoms with van der Waals surface area (Å²) < 4.78 is 12.9. The third kappa shape index (κ3) is 5.02. The molecule has 3 rings (SSSR count). The normalized spacial score (nSPS) is 22.6. The minimum atomic E-state index is -0.247. The first-order valence-corrected chi connectivity index (χ1v) is 9.18. The lowest BCUT2D eigenvalue weighted by molar-refractivity contribution is -0.121. The largest absolute Gasteiger partial charge is 0.352 e. The van der Waals surface area contributed by atoms with Gasteiger partial charge in [0.1, 0.15) is 5.82 Å². The molecule has 1 atom stereocenters. The van der Waals surface area contributed by atoms with Crippen LogP contribution >= 0.6 is 0 Å². The number of hydrogen-bond donors (Lipinski definition) is 1. The predicted molar refractivity (Wildman–Crippen MR) is 93.1 cm³/mol. The monoisotopic (exact) mass is 333 g/mol. The van der Waals surface area contributed by atoms with Gasteiger partial charge in [-0.15, -0.1) is 0 Å². The quantitative estimate of drug-likeness (QED) is 0.868. The summed E-state index contributed by atoms with van der Waals surface area (Å²) in [5.74, 6) is -0.176. The molecule has 1 aromatic rings. The van der Waals surface area contributed by atoms with Crippen LogP contribution in [0.5, 0.6) is 0 Å². The minimum absolute atomic E-state index is 0.0719. The Kier molecular flexibility index (Phi) is 6.21. The van der Waals surface area contributed by atoms with Crippen LogP contribution in [-0.4, -0.2) is 54.5 Å². The van der Waals surface area contributed by atoms with Crippen LogP contribution in [0.4, 0.5) is 4.39 Å². The Balaban J connectivity index is 1.36. The van der Waals surface area contributed by atoms with E-state index in [4.69, 9.17) is 0 Å². The Morgan fingerprint density at radius 2 is 1.88 bits per heavy atom. The number of nitrogens with one attached hydrogen (secondary N) is 1. The highest BCUT2D eigenvalue weighted by Crippen LogP contribution is 2.20. The van der Waals surface area contributed by atoms with Crippen LogP contribution in [0.25, 0.3) is 0 Å². The molecule has 0 bridgehead atoms. The first-order valence-electron chi connectivity index (χ1n) is 9.18. The van der Waals surface area contributed by atoms with Crippen molar-refractivity contribution in [3.8, 4) is 0 Å². The maximum atomic E-state index is 12.9. The van der Waals surface area contributed by atoms with Crippen molar-refractivity contribution in [2.75, 3.05) is 32.7 Å². The average molecular weight is 333 g/mol. The third-order valence-electron chi connectivity index (χ3n) is 5.20. The SMILES string of the molecule is O=C(CCN1CCCC(N2CCCC2)C1)NCc1ccc(F)cc1. The second-order valence-electron chi connectivity index (χ2n) is 6.99. The molecule has 0 aromatic heterocycles. The third-order valence-corrected chi connectivity index (χ3v) is 5.20. The van der Waals surface area contributed by atoms with Crippen LogP contribution in [0.1, 0.15) is 37.7 Å². The van der Waals surface area contributed by atoms with Crippen LogP contribution < -0.4 is 5.32 Å². The Morgan fingerprint density at radius 3 is 2.62 bits per heavy atom. The molecule has 2 fully saturated rings. The van der Waals surface area contributed by atoms with Gasteiger partial charge in [0.05, 0.1) is 0 Å². The van der Waals surface area contributed by atoms with Crippen molar-refractivity contribution < 1.29 is 9.18 Å². The zero-order valence-corrected chi connectivity index (χ0v) is 14.3. The average Bonchev–Trinajstić information content (AvgIpc) is 3.14. The molecule has 2 aliphatic rings. The summed E-state index contributed by atoms with van der Waals surface area (Å²) in [6, 6.07) is 6.95. The molecule has 1 amide bonds. The molecule has 4 nitrogen and oxygen atoms in total. The molecule has 2 saturated heterocycles. The lowest BCUT2D eigenvalue weighted by Gasteiger charge is -2.37. The molecule has 0 saturated carbocycles. The van der Waals surface area contributed by atoms with Gasteiger partial charge < -0.3 is 10.2 Å². The summed E-state index contributed by atoms with van der Waals surface area (Å²) in [4.78, 5) is 17.1. The molecule has 24 heavy (non-hydrogen) atoms. The summed E-state index contributed by atoms with van der Waals surface area (Å²) in [7, 11) is 0. The molecule has 132 valence electrons. The van der Waals surface area contributed by atoms with Crippen LogP contribution in [0.2, 0.25) is 0 Å². The second-order valence-corrected chi connectivity index (χ2v) is 6.99. The number of carbonyl (C=O) groups excluding carboxylic acids is 1. The van der Waals surface area contributed by atoms with Crippen LogP contribution in [0.15, 0.2) is 24.3 Å². The van der Waals surface area contributed by atoms with E-state index in [9.17, 15) is 9.18 Å². The summed E-state index contributed by atoms with van der Waals surface area (Å²) in [5.41, 5.74) is 0.928. The smallest absolute Gasteiger partial charge is 0.221 e. The standard InChI is InChI=1S/C19H28FN3O/c20-17-7-5-16(6-8-17)14-21-19(24)9-13-22-10-3-4-18(15-22)23-11-1-2-12-23/h5-8,18H,1-4,9-15H2,(H,21,24). The van der Waals surface area contributed by atoms with Crippen molar-refractivity contribution in [1.82, 2.24) is 15.1 Å². The molecule has 2 heterocycles. The Labute approximate surface area is 144 Å². The van der Waals surface area contributed by atoms with Gasteiger partial charge in [0.2, 0.25) is 5.91 Å². The van der Waals surface area contributed by atoms with Gasteiger partial charge in [0.25, 0.3) is 0 Å². The Morgan fingerprint density at radius 1 is 1.12 bits per heavy atom. The fraction of sp³-hybridized carbons (Fsp3) is 0.632. The molecule has 1 N–H and O–H groups in total. The van der Waals surface area contributed by atoms with E-state index in [0.717, 1.165) is 25.2 Å². The molecule has 0 spiro atoms. The summed E-state index contributed by atoms with van der Waals surface area (Å²) >= 11 is 0. The number of halogens is 1. The van der Waals surface area contributed by atoms with Crippen molar-refractivity contribution in [3.05, 3.63) is 35.6 Å². The molecule has 0 radical (unpaired) electrons. The summed E-state index contributed by atoms with van der Waals surface area (Å²) in [5, 5.41) is 2.93. The highest BCUT2D eigenvalue weighted by atomic mass is 19.1. The highest BCUT2D eigenvalue weighted by Gasteiger charge is 2.26. The first kappa shape index (κ1) is 17.4. The van der Waals surface area contributed by atoms with E-state index in [1.54, 1.807) is 12.1 Å². The summed E-state index contributed by atoms with van der Waals surface area (Å²) in [6.07, 6.45) is 5.74. The van der Waals surface area contributed by atoms with Gasteiger partial charge in [-0.2, -0.15) is 0 Å². The predicted octanol–water partition coefficient (Wildman–Crippen LogP) is 2.39. The van der Waals surface area contributed by atoms with Crippen molar-refractivity contribution in [1.29, 1.82) is 0 Å². The number of amides is 1. The number of carbonyl (C=O) groups is 1. The maximum absolute atomic E-state index is 12.9. The molecule has 1 unspecified atom stereocenters. The Hall–Kier alpha value is -1.46. The van der Waals surface area contributed by atoms with Gasteiger partial charge in [0, 0.05) is 32.1 Å². The van der Waals surface area contributed by atoms with Crippen molar-refractivity contribution >= 4 is 5.91 Å². The number of benzene rings is 1. The zero-order valence-electron chi connectivity index (χ0n) is 14.3. The van der Waals surface area contributed by atoms with Gasteiger partial charge in [0.15, 0.2) is 0 Å². The van der Waals surface area contributed by atoms with Crippen molar-refractivity contribution in [2.24, 2.45) is 0 Å². The van der Waals surface area contributed by atoms with Gasteiger partial charge in [-0.1, -0.05) is 12.1 Å². The lowest BCUT2D eigenvalue weighted by atomic mass is 10.0. The van der Waals surface area contributed by atoms with Crippen LogP contribution in [-0.2, 0) is 11.3 Å². The van der Waals surface area contributed by atoms with E-state index in [0.29, 0.717) is 19.0 Å². The topological polar surface area (TPSA) is 35.6 Å². The van der Waals surface area contributed by atoms with Crippen LogP contribution in [0.3, 0.4) is 0 Å². The molecule has 5 heteroatoms. The van der Waals surface area contributed by atoms with E-state index >= 15 is 0 Å². The summed E-state index contributed by atoms with van der Waals surface area (Å²) in [6.45, 7) is 6.00. The van der Waals surface area contributed by atoms with Crippen molar-refractivity contribution in [3.63, 3.8) is 0 Å². The number of nitrogens with zero attached hydrogens (tertiary/aromatic N) is 2. The lowest BCUT2D eigenvalue weighted by Crippen LogP contribution is -2.47. The fourth-order valence-corrected chi connectivity index (χ4v) is 3.79. The molecular formula is C19H28FN3O. The number of hydrogen-bond acceptors (Lipinski definition) is 3. The van der Waals surface area contributed by atoms with E-state index in [-0.39, 0.29) is 11.7 Å². The van der Waals surface area contributed by atoms with Crippen molar-refractivity contribution in [2.45, 2.75) is 44.7 Å². The molecule has 0 aliphatic carbocycles. The van der Waals surface area contributed by atoms with Gasteiger partial charge in [-0.05, 0) is 63.0 Å². The number of likely N-dealkylation sites (tertiary alicyclic amines) is 2. The van der Waals surface area contributed by atoms with Gasteiger partial charge in [-0.25, -0.2) is 4.39 Å². The van der Waals surface area contributed by atoms with Gasteiger partial charge in [-0.3, -0.25) is 9.69 Å². The molecule has 2 aliphatic heterocycles. The van der Waals surface area contributed by atoms with E-state index in [2.05, 4.69) is 15.1 Å². The maximum Gasteiger partial charge on any atom is 0.221 e. The van der Waals surface area contributed by atoms with Gasteiger partial charge >= 0.3 is 0 Å². The fourth-order valence-electron chi connectivity index (χ4n) is 3.79. The molecular weight excluding hydrogens is 305 g/mol. The highest BCUT2D eigenvalue weighted by molar-refractivity contribution is 5.76. The van der Waals surface area contributed by atoms with E-state index in [1.807, 2.05) is 0 Å². The second kappa shape index (κ2) is 8.58. The Bertz CT molecular complexity index is 528. The van der Waals surface area contributed by atoms with Crippen LogP contribution in [0, 0.1) is 5.82 Å². The first-order chi connectivity index (χ1) is 11.7. The number of piperidine rings is 1. The molecule has 1 aromatic carbocycles.